The Morgan fingerprint density at radius 1 is 1.14 bits per heavy atom. The Morgan fingerprint density at radius 2 is 1.71 bits per heavy atom. The molecule has 0 amide bonds. The molecular formula is C8H8F5N. The minimum atomic E-state index is -5.56. The van der Waals surface area contributed by atoms with E-state index in [1.54, 1.807) is 0 Å². The zero-order valence-corrected chi connectivity index (χ0v) is 7.04. The lowest BCUT2D eigenvalue weighted by molar-refractivity contribution is -0.263. The average molecular weight is 213 g/mol. The molecule has 0 heterocycles. The van der Waals surface area contributed by atoms with Crippen LogP contribution in [0.5, 0.6) is 0 Å². The van der Waals surface area contributed by atoms with Crippen molar-refractivity contribution in [2.45, 2.75) is 24.9 Å². The molecule has 0 bridgehead atoms. The molecule has 80 valence electrons. The third-order valence-electron chi connectivity index (χ3n) is 1.86. The van der Waals surface area contributed by atoms with Crippen LogP contribution in [0.2, 0.25) is 0 Å². The molecule has 0 fully saturated rings. The first-order valence-electron chi connectivity index (χ1n) is 3.86. The highest BCUT2D eigenvalue weighted by Gasteiger charge is 2.59. The fourth-order valence-corrected chi connectivity index (χ4v) is 1.11. The Balaban J connectivity index is 3.00. The Bertz CT molecular complexity index is 287. The van der Waals surface area contributed by atoms with Crippen molar-refractivity contribution in [3.63, 3.8) is 0 Å². The van der Waals surface area contributed by atoms with Crippen LogP contribution in [0.1, 0.15) is 12.8 Å². The van der Waals surface area contributed by atoms with Gasteiger partial charge < -0.3 is 5.73 Å². The molecule has 6 heteroatoms. The smallest absolute Gasteiger partial charge is 0.402 e. The summed E-state index contributed by atoms with van der Waals surface area (Å²) in [5.41, 5.74) is 4.17. The molecule has 1 nitrogen and oxygen atoms in total. The van der Waals surface area contributed by atoms with Gasteiger partial charge >= 0.3 is 12.1 Å². The van der Waals surface area contributed by atoms with Crippen molar-refractivity contribution in [1.29, 1.82) is 0 Å². The summed E-state index contributed by atoms with van der Waals surface area (Å²) in [6.07, 6.45) is -3.57. The molecule has 0 atom stereocenters. The Hall–Kier alpha value is -1.07. The van der Waals surface area contributed by atoms with Crippen molar-refractivity contribution in [3.05, 3.63) is 23.4 Å². The van der Waals surface area contributed by atoms with E-state index in [4.69, 9.17) is 5.73 Å². The third-order valence-corrected chi connectivity index (χ3v) is 1.86. The number of halogens is 5. The highest BCUT2D eigenvalue weighted by atomic mass is 19.4. The lowest BCUT2D eigenvalue weighted by Crippen LogP contribution is -2.38. The quantitative estimate of drug-likeness (QED) is 0.666. The zero-order chi connectivity index (χ0) is 11.0. The molecular weight excluding hydrogens is 205 g/mol. The van der Waals surface area contributed by atoms with Gasteiger partial charge in [-0.25, -0.2) is 0 Å². The Labute approximate surface area is 77.1 Å². The summed E-state index contributed by atoms with van der Waals surface area (Å²) >= 11 is 0. The topological polar surface area (TPSA) is 26.0 Å². The Kier molecular flexibility index (Phi) is 2.56. The van der Waals surface area contributed by atoms with Crippen molar-refractivity contribution < 1.29 is 22.0 Å². The number of alkyl halides is 5. The van der Waals surface area contributed by atoms with Crippen LogP contribution in [0.25, 0.3) is 0 Å². The van der Waals surface area contributed by atoms with Crippen LogP contribution in [-0.4, -0.2) is 12.1 Å². The number of hydrogen-bond acceptors (Lipinski definition) is 1. The number of hydrogen-bond donors (Lipinski definition) is 1. The second kappa shape index (κ2) is 3.25. The molecule has 0 saturated heterocycles. The largest absolute Gasteiger partial charge is 0.458 e. The molecule has 0 unspecified atom stereocenters. The maximum atomic E-state index is 12.7. The minimum absolute atomic E-state index is 0.0476. The second-order valence-electron chi connectivity index (χ2n) is 2.99. The van der Waals surface area contributed by atoms with E-state index in [2.05, 4.69) is 0 Å². The van der Waals surface area contributed by atoms with E-state index in [-0.39, 0.29) is 12.1 Å². The van der Waals surface area contributed by atoms with Crippen molar-refractivity contribution in [1.82, 2.24) is 0 Å². The molecule has 1 aliphatic carbocycles. The first-order chi connectivity index (χ1) is 6.25. The molecule has 0 spiro atoms. The van der Waals surface area contributed by atoms with E-state index in [0.717, 1.165) is 6.08 Å². The lowest BCUT2D eigenvalue weighted by Gasteiger charge is -2.23. The van der Waals surface area contributed by atoms with Crippen LogP contribution in [-0.2, 0) is 0 Å². The molecule has 0 aromatic carbocycles. The van der Waals surface area contributed by atoms with Gasteiger partial charge in [-0.2, -0.15) is 22.0 Å². The lowest BCUT2D eigenvalue weighted by atomic mass is 9.99. The summed E-state index contributed by atoms with van der Waals surface area (Å²) in [5, 5.41) is 0. The van der Waals surface area contributed by atoms with Gasteiger partial charge in [0.05, 0.1) is 0 Å². The van der Waals surface area contributed by atoms with Crippen LogP contribution in [0.3, 0.4) is 0 Å². The second-order valence-corrected chi connectivity index (χ2v) is 2.99. The van der Waals surface area contributed by atoms with Gasteiger partial charge in [-0.3, -0.25) is 0 Å². The van der Waals surface area contributed by atoms with Crippen molar-refractivity contribution >= 4 is 0 Å². The van der Waals surface area contributed by atoms with Crippen LogP contribution in [0.15, 0.2) is 23.4 Å². The fraction of sp³-hybridized carbons (Fsp3) is 0.500. The van der Waals surface area contributed by atoms with Gasteiger partial charge in [0.2, 0.25) is 0 Å². The standard InChI is InChI=1S/C8H8F5N/c9-7(10,8(11,12)13)5-2-1-3-6(14)4-5/h2,4H,1,3,14H2. The molecule has 0 aromatic rings. The molecule has 1 rings (SSSR count). The molecule has 0 aliphatic heterocycles. The van der Waals surface area contributed by atoms with Crippen LogP contribution >= 0.6 is 0 Å². The normalized spacial score (nSPS) is 18.9. The van der Waals surface area contributed by atoms with Gasteiger partial charge in [0.1, 0.15) is 0 Å². The van der Waals surface area contributed by atoms with Crippen molar-refractivity contribution in [2.24, 2.45) is 5.73 Å². The highest BCUT2D eigenvalue weighted by molar-refractivity contribution is 5.33. The van der Waals surface area contributed by atoms with E-state index < -0.39 is 17.7 Å². The van der Waals surface area contributed by atoms with Crippen molar-refractivity contribution in [2.75, 3.05) is 0 Å². The Morgan fingerprint density at radius 3 is 2.14 bits per heavy atom. The SMILES string of the molecule is NC1=CC(C(F)(F)C(F)(F)F)=CCC1. The first-order valence-corrected chi connectivity index (χ1v) is 3.86. The van der Waals surface area contributed by atoms with Gasteiger partial charge in [-0.05, 0) is 18.9 Å². The van der Waals surface area contributed by atoms with E-state index in [1.807, 2.05) is 0 Å². The fourth-order valence-electron chi connectivity index (χ4n) is 1.11. The van der Waals surface area contributed by atoms with Crippen LogP contribution in [0, 0.1) is 0 Å². The third kappa shape index (κ3) is 1.88. The summed E-state index contributed by atoms with van der Waals surface area (Å²) < 4.78 is 61.0. The maximum absolute atomic E-state index is 12.7. The summed E-state index contributed by atoms with van der Waals surface area (Å²) in [6.45, 7) is 0. The maximum Gasteiger partial charge on any atom is 0.458 e. The summed E-state index contributed by atoms with van der Waals surface area (Å²) in [6, 6.07) is 0. The summed E-state index contributed by atoms with van der Waals surface area (Å²) in [5.74, 6) is -4.81. The zero-order valence-electron chi connectivity index (χ0n) is 7.04. The first kappa shape index (κ1) is 11.0. The highest BCUT2D eigenvalue weighted by Crippen LogP contribution is 2.42. The molecule has 1 aliphatic rings. The van der Waals surface area contributed by atoms with E-state index in [1.165, 1.54) is 0 Å². The van der Waals surface area contributed by atoms with E-state index in [9.17, 15) is 22.0 Å². The summed E-state index contributed by atoms with van der Waals surface area (Å²) in [7, 11) is 0. The van der Waals surface area contributed by atoms with Gasteiger partial charge in [-0.15, -0.1) is 0 Å². The summed E-state index contributed by atoms with van der Waals surface area (Å²) in [4.78, 5) is 0. The minimum Gasteiger partial charge on any atom is -0.402 e. The van der Waals surface area contributed by atoms with Crippen LogP contribution in [0.4, 0.5) is 22.0 Å². The predicted molar refractivity (Wildman–Crippen MR) is 40.6 cm³/mol. The predicted octanol–water partition coefficient (Wildman–Crippen LogP) is 2.75. The average Bonchev–Trinajstić information content (AvgIpc) is 2.02. The molecule has 0 saturated carbocycles. The molecule has 0 radical (unpaired) electrons. The number of allylic oxidation sites excluding steroid dienone is 4. The van der Waals surface area contributed by atoms with Gasteiger partial charge in [0, 0.05) is 11.3 Å². The van der Waals surface area contributed by atoms with Gasteiger partial charge in [0.25, 0.3) is 0 Å². The van der Waals surface area contributed by atoms with Gasteiger partial charge in [-0.1, -0.05) is 6.08 Å². The van der Waals surface area contributed by atoms with E-state index in [0.29, 0.717) is 12.5 Å². The van der Waals surface area contributed by atoms with Crippen LogP contribution < -0.4 is 5.73 Å². The molecule has 2 N–H and O–H groups in total. The van der Waals surface area contributed by atoms with Gasteiger partial charge in [0.15, 0.2) is 0 Å². The molecule has 14 heavy (non-hydrogen) atoms. The van der Waals surface area contributed by atoms with Crippen molar-refractivity contribution in [3.8, 4) is 0 Å². The van der Waals surface area contributed by atoms with E-state index >= 15 is 0 Å². The molecule has 0 aromatic heterocycles. The number of nitrogens with two attached hydrogens (primary N) is 1. The number of rotatable bonds is 1. The monoisotopic (exact) mass is 213 g/mol.